The molecule has 24 heavy (non-hydrogen) atoms. The van der Waals surface area contributed by atoms with Crippen LogP contribution >= 0.6 is 0 Å². The molecule has 1 aliphatic heterocycles. The maximum Gasteiger partial charge on any atom is 0.257 e. The monoisotopic (exact) mass is 337 g/mol. The fourth-order valence-corrected chi connectivity index (χ4v) is 3.72. The molecule has 132 valence electrons. The number of hydrogen-bond donors (Lipinski definition) is 2. The van der Waals surface area contributed by atoms with Gasteiger partial charge in [0.05, 0.1) is 6.04 Å². The summed E-state index contributed by atoms with van der Waals surface area (Å²) in [5.74, 6) is 1.33. The second-order valence-electron chi connectivity index (χ2n) is 6.54. The van der Waals surface area contributed by atoms with Crippen molar-refractivity contribution in [1.82, 2.24) is 10.6 Å². The molecule has 1 aromatic rings. The number of aliphatic imine (C=N–C) groups is 1. The lowest BCUT2D eigenvalue weighted by Gasteiger charge is -2.40. The maximum absolute atomic E-state index is 12.5. The number of halogens is 2. The Balaban J connectivity index is 1.83. The number of guanidine groups is 1. The minimum Gasteiger partial charge on any atom is -0.487 e. The van der Waals surface area contributed by atoms with Gasteiger partial charge < -0.3 is 15.4 Å². The van der Waals surface area contributed by atoms with Gasteiger partial charge in [0.25, 0.3) is 6.43 Å². The van der Waals surface area contributed by atoms with Crippen molar-refractivity contribution in [3.63, 3.8) is 0 Å². The number of nitrogens with one attached hydrogen (secondary N) is 2. The van der Waals surface area contributed by atoms with E-state index in [4.69, 9.17) is 4.74 Å². The Kier molecular flexibility index (Phi) is 5.21. The van der Waals surface area contributed by atoms with Crippen molar-refractivity contribution >= 4 is 5.96 Å². The predicted molar refractivity (Wildman–Crippen MR) is 90.7 cm³/mol. The molecule has 3 rings (SSSR count). The highest BCUT2D eigenvalue weighted by atomic mass is 19.3. The molecule has 1 spiro atoms. The number of rotatable bonds is 4. The first-order valence-corrected chi connectivity index (χ1v) is 8.73. The van der Waals surface area contributed by atoms with Crippen molar-refractivity contribution < 1.29 is 13.5 Å². The highest BCUT2D eigenvalue weighted by molar-refractivity contribution is 5.80. The molecule has 1 atom stereocenters. The van der Waals surface area contributed by atoms with Gasteiger partial charge in [0.1, 0.15) is 17.9 Å². The van der Waals surface area contributed by atoms with Crippen LogP contribution in [0.25, 0.3) is 0 Å². The molecule has 0 bridgehead atoms. The van der Waals surface area contributed by atoms with Crippen LogP contribution in [0.2, 0.25) is 0 Å². The van der Waals surface area contributed by atoms with E-state index >= 15 is 0 Å². The number of nitrogens with zero attached hydrogens (tertiary/aromatic N) is 1. The lowest BCUT2D eigenvalue weighted by atomic mass is 9.86. The number of benzene rings is 1. The molecular formula is C18H25F2N3O. The summed E-state index contributed by atoms with van der Waals surface area (Å²) in [6.45, 7) is 2.06. The Morgan fingerprint density at radius 2 is 2.08 bits per heavy atom. The third kappa shape index (κ3) is 3.79. The fourth-order valence-electron chi connectivity index (χ4n) is 3.72. The minimum absolute atomic E-state index is 0.0172. The van der Waals surface area contributed by atoms with Crippen LogP contribution in [0.3, 0.4) is 0 Å². The zero-order valence-electron chi connectivity index (χ0n) is 14.0. The minimum atomic E-state index is -2.44. The van der Waals surface area contributed by atoms with Gasteiger partial charge in [-0.25, -0.2) is 13.8 Å². The summed E-state index contributed by atoms with van der Waals surface area (Å²) in [5.41, 5.74) is 0.934. The Hall–Kier alpha value is -1.85. The van der Waals surface area contributed by atoms with Gasteiger partial charge in [-0.15, -0.1) is 0 Å². The van der Waals surface area contributed by atoms with E-state index in [9.17, 15) is 8.78 Å². The average Bonchev–Trinajstić information content (AvgIpc) is 3.00. The Morgan fingerprint density at radius 3 is 2.79 bits per heavy atom. The molecule has 0 amide bonds. The van der Waals surface area contributed by atoms with E-state index in [2.05, 4.69) is 15.6 Å². The number of hydrogen-bond acceptors (Lipinski definition) is 2. The van der Waals surface area contributed by atoms with E-state index in [1.54, 1.807) is 0 Å². The lowest BCUT2D eigenvalue weighted by Crippen LogP contribution is -2.46. The van der Waals surface area contributed by atoms with Gasteiger partial charge in [-0.2, -0.15) is 0 Å². The van der Waals surface area contributed by atoms with Gasteiger partial charge in [0.2, 0.25) is 0 Å². The average molecular weight is 337 g/mol. The van der Waals surface area contributed by atoms with Crippen LogP contribution in [-0.4, -0.2) is 31.1 Å². The molecule has 1 saturated carbocycles. The third-order valence-electron chi connectivity index (χ3n) is 4.75. The van der Waals surface area contributed by atoms with Crippen molar-refractivity contribution in [3.05, 3.63) is 29.8 Å². The first-order chi connectivity index (χ1) is 11.6. The predicted octanol–water partition coefficient (Wildman–Crippen LogP) is 3.64. The van der Waals surface area contributed by atoms with Crippen molar-refractivity contribution in [1.29, 1.82) is 0 Å². The third-order valence-corrected chi connectivity index (χ3v) is 4.75. The van der Waals surface area contributed by atoms with Gasteiger partial charge in [-0.05, 0) is 38.7 Å². The number of para-hydroxylation sites is 1. The SMILES string of the molecule is CCNC(=NCC(F)F)NC1CC2(CCCC2)Oc2ccccc21. The summed E-state index contributed by atoms with van der Waals surface area (Å²) >= 11 is 0. The topological polar surface area (TPSA) is 45.7 Å². The summed E-state index contributed by atoms with van der Waals surface area (Å²) in [5, 5.41) is 6.40. The molecule has 2 aliphatic rings. The van der Waals surface area contributed by atoms with Crippen LogP contribution in [0.15, 0.2) is 29.3 Å². The summed E-state index contributed by atoms with van der Waals surface area (Å²) in [6.07, 6.45) is 2.84. The highest BCUT2D eigenvalue weighted by Gasteiger charge is 2.43. The smallest absolute Gasteiger partial charge is 0.257 e. The molecule has 0 saturated heterocycles. The molecular weight excluding hydrogens is 312 g/mol. The Bertz CT molecular complexity index is 585. The number of fused-ring (bicyclic) bond motifs is 1. The molecule has 1 aromatic carbocycles. The van der Waals surface area contributed by atoms with Crippen molar-refractivity contribution in [2.45, 2.75) is 57.1 Å². The molecule has 4 nitrogen and oxygen atoms in total. The molecule has 1 fully saturated rings. The second-order valence-corrected chi connectivity index (χ2v) is 6.54. The van der Waals surface area contributed by atoms with Crippen LogP contribution in [0.1, 0.15) is 50.6 Å². The van der Waals surface area contributed by atoms with E-state index < -0.39 is 13.0 Å². The van der Waals surface area contributed by atoms with Gasteiger partial charge in [-0.3, -0.25) is 0 Å². The summed E-state index contributed by atoms with van der Waals surface area (Å²) in [7, 11) is 0. The first-order valence-electron chi connectivity index (χ1n) is 8.73. The molecule has 2 N–H and O–H groups in total. The molecule has 1 heterocycles. The van der Waals surface area contributed by atoms with Gasteiger partial charge >= 0.3 is 0 Å². The van der Waals surface area contributed by atoms with E-state index in [0.717, 1.165) is 30.6 Å². The van der Waals surface area contributed by atoms with Crippen molar-refractivity contribution in [2.75, 3.05) is 13.1 Å². The Morgan fingerprint density at radius 1 is 1.33 bits per heavy atom. The Labute approximate surface area is 141 Å². The largest absolute Gasteiger partial charge is 0.487 e. The van der Waals surface area contributed by atoms with Crippen LogP contribution in [-0.2, 0) is 0 Å². The van der Waals surface area contributed by atoms with E-state index in [1.165, 1.54) is 12.8 Å². The maximum atomic E-state index is 12.5. The van der Waals surface area contributed by atoms with Gasteiger partial charge in [0, 0.05) is 18.5 Å². The number of alkyl halides is 2. The van der Waals surface area contributed by atoms with E-state index in [-0.39, 0.29) is 11.6 Å². The summed E-state index contributed by atoms with van der Waals surface area (Å²) in [6, 6.07) is 7.99. The zero-order chi connectivity index (χ0) is 17.0. The molecule has 0 aromatic heterocycles. The molecule has 0 radical (unpaired) electrons. The quantitative estimate of drug-likeness (QED) is 0.651. The zero-order valence-corrected chi connectivity index (χ0v) is 14.0. The van der Waals surface area contributed by atoms with Crippen LogP contribution in [0, 0.1) is 0 Å². The van der Waals surface area contributed by atoms with Crippen LogP contribution in [0.5, 0.6) is 5.75 Å². The normalized spacial score (nSPS) is 22.3. The van der Waals surface area contributed by atoms with Crippen LogP contribution < -0.4 is 15.4 Å². The van der Waals surface area contributed by atoms with Crippen molar-refractivity contribution in [2.24, 2.45) is 4.99 Å². The van der Waals surface area contributed by atoms with E-state index in [1.807, 2.05) is 31.2 Å². The lowest BCUT2D eigenvalue weighted by molar-refractivity contribution is 0.0395. The van der Waals surface area contributed by atoms with E-state index in [0.29, 0.717) is 12.5 Å². The molecule has 1 aliphatic carbocycles. The standard InChI is InChI=1S/C18H25F2N3O/c1-2-21-17(22-12-16(19)20)23-14-11-18(9-5-6-10-18)24-15-8-4-3-7-13(14)15/h3-4,7-8,14,16H,2,5-6,9-12H2,1H3,(H2,21,22,23). The first kappa shape index (κ1) is 17.0. The summed E-state index contributed by atoms with van der Waals surface area (Å²) < 4.78 is 31.4. The van der Waals surface area contributed by atoms with Crippen LogP contribution in [0.4, 0.5) is 8.78 Å². The fraction of sp³-hybridized carbons (Fsp3) is 0.611. The number of ether oxygens (including phenoxy) is 1. The van der Waals surface area contributed by atoms with Gasteiger partial charge in [0.15, 0.2) is 5.96 Å². The molecule has 6 heteroatoms. The second kappa shape index (κ2) is 7.36. The molecule has 1 unspecified atom stereocenters. The highest BCUT2D eigenvalue weighted by Crippen LogP contribution is 2.46. The van der Waals surface area contributed by atoms with Gasteiger partial charge in [-0.1, -0.05) is 18.2 Å². The summed E-state index contributed by atoms with van der Waals surface area (Å²) in [4.78, 5) is 4.00. The van der Waals surface area contributed by atoms with Crippen molar-refractivity contribution in [3.8, 4) is 5.75 Å².